The number of phenolic OH excluding ortho intramolecular Hbond substituents is 2. The predicted molar refractivity (Wildman–Crippen MR) is 67.6 cm³/mol. The number of Topliss-reactive ketones (excluding diaryl/α,β-unsaturated/α-hetero) is 1. The first-order chi connectivity index (χ1) is 8.02. The molecule has 0 aliphatic heterocycles. The summed E-state index contributed by atoms with van der Waals surface area (Å²) in [6.07, 6.45) is 3.36. The van der Waals surface area contributed by atoms with Gasteiger partial charge in [-0.05, 0) is 25.5 Å². The van der Waals surface area contributed by atoms with Crippen molar-refractivity contribution in [1.82, 2.24) is 0 Å². The standard InChI is InChI=1S/C14H18O3/c1-4-6-10(5-2)13-12(16)8-7-11(9(3)15)14(13)17/h5,7-8,10,16-17H,2,4,6H2,1,3H3. The molecule has 0 aliphatic carbocycles. The van der Waals surface area contributed by atoms with Crippen molar-refractivity contribution in [1.29, 1.82) is 0 Å². The van der Waals surface area contributed by atoms with E-state index in [1.54, 1.807) is 6.08 Å². The Bertz CT molecular complexity index is 435. The van der Waals surface area contributed by atoms with E-state index in [-0.39, 0.29) is 28.8 Å². The summed E-state index contributed by atoms with van der Waals surface area (Å²) < 4.78 is 0. The highest BCUT2D eigenvalue weighted by atomic mass is 16.3. The van der Waals surface area contributed by atoms with Crippen LogP contribution in [0.3, 0.4) is 0 Å². The number of carbonyl (C=O) groups excluding carboxylic acids is 1. The summed E-state index contributed by atoms with van der Waals surface area (Å²) in [6, 6.07) is 2.88. The number of hydrogen-bond acceptors (Lipinski definition) is 3. The first kappa shape index (κ1) is 13.3. The van der Waals surface area contributed by atoms with Crippen LogP contribution in [-0.4, -0.2) is 16.0 Å². The number of phenols is 2. The van der Waals surface area contributed by atoms with Gasteiger partial charge in [0.05, 0.1) is 5.56 Å². The summed E-state index contributed by atoms with van der Waals surface area (Å²) >= 11 is 0. The van der Waals surface area contributed by atoms with Gasteiger partial charge in [0.1, 0.15) is 11.5 Å². The van der Waals surface area contributed by atoms with E-state index in [0.29, 0.717) is 5.56 Å². The molecule has 0 bridgehead atoms. The maximum atomic E-state index is 11.3. The molecule has 0 aliphatic rings. The number of aromatic hydroxyl groups is 2. The molecule has 1 aromatic carbocycles. The van der Waals surface area contributed by atoms with Crippen LogP contribution < -0.4 is 0 Å². The lowest BCUT2D eigenvalue weighted by molar-refractivity contribution is 0.101. The maximum absolute atomic E-state index is 11.3. The highest BCUT2D eigenvalue weighted by Gasteiger charge is 2.20. The topological polar surface area (TPSA) is 57.5 Å². The highest BCUT2D eigenvalue weighted by molar-refractivity contribution is 5.97. The van der Waals surface area contributed by atoms with Gasteiger partial charge in [-0.3, -0.25) is 4.79 Å². The Balaban J connectivity index is 3.34. The first-order valence-corrected chi connectivity index (χ1v) is 5.71. The number of allylic oxidation sites excluding steroid dienone is 1. The van der Waals surface area contributed by atoms with Crippen LogP contribution in [0.4, 0.5) is 0 Å². The zero-order valence-electron chi connectivity index (χ0n) is 10.2. The maximum Gasteiger partial charge on any atom is 0.163 e. The third-order valence-electron chi connectivity index (χ3n) is 2.83. The fourth-order valence-electron chi connectivity index (χ4n) is 1.94. The molecule has 1 aromatic rings. The molecular weight excluding hydrogens is 216 g/mol. The van der Waals surface area contributed by atoms with Gasteiger partial charge in [-0.2, -0.15) is 0 Å². The number of carbonyl (C=O) groups is 1. The van der Waals surface area contributed by atoms with Gasteiger partial charge in [-0.25, -0.2) is 0 Å². The molecule has 0 heterocycles. The van der Waals surface area contributed by atoms with Gasteiger partial charge >= 0.3 is 0 Å². The molecule has 0 aromatic heterocycles. The second-order valence-electron chi connectivity index (χ2n) is 4.08. The lowest BCUT2D eigenvalue weighted by atomic mass is 9.90. The minimum atomic E-state index is -0.219. The van der Waals surface area contributed by atoms with Crippen molar-refractivity contribution in [2.45, 2.75) is 32.6 Å². The van der Waals surface area contributed by atoms with Gasteiger partial charge in [0, 0.05) is 11.5 Å². The summed E-state index contributed by atoms with van der Waals surface area (Å²) in [5, 5.41) is 19.8. The van der Waals surface area contributed by atoms with E-state index in [9.17, 15) is 15.0 Å². The molecule has 17 heavy (non-hydrogen) atoms. The SMILES string of the molecule is C=CC(CCC)c1c(O)ccc(C(C)=O)c1O. The lowest BCUT2D eigenvalue weighted by Gasteiger charge is -2.16. The fraction of sp³-hybridized carbons (Fsp3) is 0.357. The average molecular weight is 234 g/mol. The van der Waals surface area contributed by atoms with Crippen LogP contribution in [0, 0.1) is 0 Å². The molecule has 1 atom stereocenters. The second-order valence-corrected chi connectivity index (χ2v) is 4.08. The fourth-order valence-corrected chi connectivity index (χ4v) is 1.94. The van der Waals surface area contributed by atoms with Gasteiger partial charge in [0.15, 0.2) is 5.78 Å². The summed E-state index contributed by atoms with van der Waals surface area (Å²) in [7, 11) is 0. The molecule has 92 valence electrons. The molecule has 0 saturated heterocycles. The quantitative estimate of drug-likeness (QED) is 0.606. The van der Waals surface area contributed by atoms with Gasteiger partial charge in [-0.1, -0.05) is 19.4 Å². The zero-order chi connectivity index (χ0) is 13.0. The third kappa shape index (κ3) is 2.67. The number of benzene rings is 1. The van der Waals surface area contributed by atoms with E-state index in [1.807, 2.05) is 6.92 Å². The molecule has 3 nitrogen and oxygen atoms in total. The molecule has 1 rings (SSSR count). The van der Waals surface area contributed by atoms with Crippen molar-refractivity contribution < 1.29 is 15.0 Å². The summed E-state index contributed by atoms with van der Waals surface area (Å²) in [5.74, 6) is -0.482. The van der Waals surface area contributed by atoms with Crippen LogP contribution in [0.1, 0.15) is 48.5 Å². The smallest absolute Gasteiger partial charge is 0.163 e. The minimum Gasteiger partial charge on any atom is -0.508 e. The number of rotatable bonds is 5. The Hall–Kier alpha value is -1.77. The van der Waals surface area contributed by atoms with E-state index in [4.69, 9.17) is 0 Å². The monoisotopic (exact) mass is 234 g/mol. The van der Waals surface area contributed by atoms with E-state index < -0.39 is 0 Å². The van der Waals surface area contributed by atoms with Crippen LogP contribution in [0.25, 0.3) is 0 Å². The van der Waals surface area contributed by atoms with E-state index in [1.165, 1.54) is 19.1 Å². The van der Waals surface area contributed by atoms with Crippen molar-refractivity contribution in [3.8, 4) is 11.5 Å². The van der Waals surface area contributed by atoms with Crippen molar-refractivity contribution in [2.24, 2.45) is 0 Å². The molecule has 0 saturated carbocycles. The zero-order valence-corrected chi connectivity index (χ0v) is 10.2. The molecular formula is C14H18O3. The van der Waals surface area contributed by atoms with Crippen molar-refractivity contribution in [2.75, 3.05) is 0 Å². The summed E-state index contributed by atoms with van der Waals surface area (Å²) in [6.45, 7) is 7.11. The molecule has 0 fully saturated rings. The van der Waals surface area contributed by atoms with Crippen LogP contribution in [0.15, 0.2) is 24.8 Å². The Morgan fingerprint density at radius 2 is 2.12 bits per heavy atom. The van der Waals surface area contributed by atoms with Crippen LogP contribution in [-0.2, 0) is 0 Å². The highest BCUT2D eigenvalue weighted by Crippen LogP contribution is 2.39. The Morgan fingerprint density at radius 1 is 1.47 bits per heavy atom. The molecule has 0 radical (unpaired) electrons. The molecule has 2 N–H and O–H groups in total. The second kappa shape index (κ2) is 5.53. The normalized spacial score (nSPS) is 12.1. The largest absolute Gasteiger partial charge is 0.508 e. The Morgan fingerprint density at radius 3 is 2.59 bits per heavy atom. The van der Waals surface area contributed by atoms with Gasteiger partial charge < -0.3 is 10.2 Å². The third-order valence-corrected chi connectivity index (χ3v) is 2.83. The van der Waals surface area contributed by atoms with E-state index in [0.717, 1.165) is 12.8 Å². The van der Waals surface area contributed by atoms with Crippen molar-refractivity contribution >= 4 is 5.78 Å². The van der Waals surface area contributed by atoms with Gasteiger partial charge in [0.25, 0.3) is 0 Å². The Labute approximate surface area is 101 Å². The summed E-state index contributed by atoms with van der Waals surface area (Å²) in [4.78, 5) is 11.3. The predicted octanol–water partition coefficient (Wildman–Crippen LogP) is 3.37. The average Bonchev–Trinajstić information content (AvgIpc) is 2.27. The van der Waals surface area contributed by atoms with E-state index in [2.05, 4.69) is 6.58 Å². The van der Waals surface area contributed by atoms with Gasteiger partial charge in [0.2, 0.25) is 0 Å². The minimum absolute atomic E-state index is 0.00542. The van der Waals surface area contributed by atoms with Crippen LogP contribution >= 0.6 is 0 Å². The van der Waals surface area contributed by atoms with Crippen molar-refractivity contribution in [3.05, 3.63) is 35.9 Å². The Kier molecular flexibility index (Phi) is 4.32. The lowest BCUT2D eigenvalue weighted by Crippen LogP contribution is -2.01. The number of ketones is 1. The molecule has 0 amide bonds. The number of hydrogen-bond donors (Lipinski definition) is 2. The van der Waals surface area contributed by atoms with E-state index >= 15 is 0 Å². The van der Waals surface area contributed by atoms with Crippen LogP contribution in [0.5, 0.6) is 11.5 Å². The van der Waals surface area contributed by atoms with Gasteiger partial charge in [-0.15, -0.1) is 6.58 Å². The van der Waals surface area contributed by atoms with Crippen molar-refractivity contribution in [3.63, 3.8) is 0 Å². The summed E-state index contributed by atoms with van der Waals surface area (Å²) in [5.41, 5.74) is 0.635. The molecule has 0 spiro atoms. The molecule has 3 heteroatoms. The van der Waals surface area contributed by atoms with Crippen LogP contribution in [0.2, 0.25) is 0 Å². The molecule has 1 unspecified atom stereocenters. The first-order valence-electron chi connectivity index (χ1n) is 5.71.